The zero-order chi connectivity index (χ0) is 13.1. The fraction of sp³-hybridized carbons (Fsp3) is 0.400. The Labute approximate surface area is 114 Å². The Morgan fingerprint density at radius 1 is 1.26 bits per heavy atom. The summed E-state index contributed by atoms with van der Waals surface area (Å²) in [5.74, 6) is 0. The van der Waals surface area contributed by atoms with Crippen LogP contribution >= 0.6 is 0 Å². The van der Waals surface area contributed by atoms with Gasteiger partial charge in [0.15, 0.2) is 0 Å². The summed E-state index contributed by atoms with van der Waals surface area (Å²) in [4.78, 5) is 2.45. The zero-order valence-corrected chi connectivity index (χ0v) is 11.3. The van der Waals surface area contributed by atoms with Crippen LogP contribution in [0, 0.1) is 6.92 Å². The number of aryl methyl sites for hydroxylation is 1. The van der Waals surface area contributed by atoms with Crippen molar-refractivity contribution in [3.05, 3.63) is 47.8 Å². The minimum atomic E-state index is 0.933. The van der Waals surface area contributed by atoms with Gasteiger partial charge in [-0.3, -0.25) is 4.68 Å². The predicted molar refractivity (Wildman–Crippen MR) is 77.3 cm³/mol. The number of hydrogen-bond acceptors (Lipinski definition) is 3. The molecule has 0 spiro atoms. The van der Waals surface area contributed by atoms with Crippen LogP contribution in [0.2, 0.25) is 0 Å². The minimum absolute atomic E-state index is 0.933. The van der Waals surface area contributed by atoms with E-state index in [4.69, 9.17) is 0 Å². The molecular formula is C15H20N4. The van der Waals surface area contributed by atoms with E-state index in [9.17, 15) is 0 Å². The summed E-state index contributed by atoms with van der Waals surface area (Å²) in [5, 5.41) is 7.83. The Morgan fingerprint density at radius 2 is 2.16 bits per heavy atom. The van der Waals surface area contributed by atoms with Crippen molar-refractivity contribution in [2.45, 2.75) is 20.0 Å². The van der Waals surface area contributed by atoms with E-state index in [1.165, 1.54) is 16.8 Å². The maximum atomic E-state index is 4.35. The minimum Gasteiger partial charge on any atom is -0.368 e. The number of para-hydroxylation sites is 1. The standard InChI is InChI=1S/C15H20N4/c1-13-10-17-19(12-13)9-8-18-7-6-16-11-14-4-2-3-5-15(14)18/h2-5,10,12,16H,6-9,11H2,1H3. The third-order valence-electron chi connectivity index (χ3n) is 3.57. The fourth-order valence-electron chi connectivity index (χ4n) is 2.57. The smallest absolute Gasteiger partial charge is 0.0584 e. The van der Waals surface area contributed by atoms with Crippen LogP contribution in [-0.4, -0.2) is 29.4 Å². The van der Waals surface area contributed by atoms with E-state index < -0.39 is 0 Å². The number of nitrogens with zero attached hydrogens (tertiary/aromatic N) is 3. The SMILES string of the molecule is Cc1cnn(CCN2CCNCc3ccccc32)c1. The van der Waals surface area contributed by atoms with E-state index in [1.54, 1.807) is 0 Å². The number of fused-ring (bicyclic) bond motifs is 1. The summed E-state index contributed by atoms with van der Waals surface area (Å²) >= 11 is 0. The maximum Gasteiger partial charge on any atom is 0.0584 e. The number of anilines is 1. The molecule has 2 aromatic rings. The Hall–Kier alpha value is -1.81. The highest BCUT2D eigenvalue weighted by Gasteiger charge is 2.13. The van der Waals surface area contributed by atoms with Gasteiger partial charge < -0.3 is 10.2 Å². The highest BCUT2D eigenvalue weighted by atomic mass is 15.3. The van der Waals surface area contributed by atoms with Crippen LogP contribution in [0.5, 0.6) is 0 Å². The molecule has 0 bridgehead atoms. The number of aromatic nitrogens is 2. The first-order chi connectivity index (χ1) is 9.33. The summed E-state index contributed by atoms with van der Waals surface area (Å²) in [6, 6.07) is 8.66. The molecule has 0 atom stereocenters. The summed E-state index contributed by atoms with van der Waals surface area (Å²) in [6.45, 7) is 7.06. The molecule has 1 aromatic carbocycles. The summed E-state index contributed by atoms with van der Waals surface area (Å²) in [7, 11) is 0. The molecule has 4 heteroatoms. The second kappa shape index (κ2) is 5.45. The molecule has 0 saturated heterocycles. The van der Waals surface area contributed by atoms with Crippen molar-refractivity contribution in [1.29, 1.82) is 0 Å². The third kappa shape index (κ3) is 2.79. The molecule has 19 heavy (non-hydrogen) atoms. The Kier molecular flexibility index (Phi) is 3.51. The average Bonchev–Trinajstić information content (AvgIpc) is 2.73. The number of nitrogens with one attached hydrogen (secondary N) is 1. The molecule has 0 amide bonds. The largest absolute Gasteiger partial charge is 0.368 e. The zero-order valence-electron chi connectivity index (χ0n) is 11.3. The van der Waals surface area contributed by atoms with E-state index in [-0.39, 0.29) is 0 Å². The van der Waals surface area contributed by atoms with Crippen molar-refractivity contribution in [1.82, 2.24) is 15.1 Å². The van der Waals surface area contributed by atoms with Crippen molar-refractivity contribution in [3.8, 4) is 0 Å². The van der Waals surface area contributed by atoms with Crippen LogP contribution in [0.15, 0.2) is 36.7 Å². The molecule has 0 fully saturated rings. The molecule has 4 nitrogen and oxygen atoms in total. The first-order valence-corrected chi connectivity index (χ1v) is 6.85. The van der Waals surface area contributed by atoms with E-state index in [0.717, 1.165) is 32.7 Å². The lowest BCUT2D eigenvalue weighted by Crippen LogP contribution is -2.31. The van der Waals surface area contributed by atoms with Crippen LogP contribution in [0.1, 0.15) is 11.1 Å². The van der Waals surface area contributed by atoms with Gasteiger partial charge in [-0.05, 0) is 24.1 Å². The molecule has 1 aliphatic rings. The lowest BCUT2D eigenvalue weighted by molar-refractivity contribution is 0.590. The Morgan fingerprint density at radius 3 is 3.00 bits per heavy atom. The van der Waals surface area contributed by atoms with Gasteiger partial charge in [0.2, 0.25) is 0 Å². The molecule has 0 saturated carbocycles. The summed E-state index contributed by atoms with van der Waals surface area (Å²) in [6.07, 6.45) is 4.01. The molecule has 0 aliphatic carbocycles. The van der Waals surface area contributed by atoms with Crippen LogP contribution < -0.4 is 10.2 Å². The number of rotatable bonds is 3. The van der Waals surface area contributed by atoms with Gasteiger partial charge >= 0.3 is 0 Å². The second-order valence-electron chi connectivity index (χ2n) is 5.07. The molecule has 0 unspecified atom stereocenters. The molecule has 1 aliphatic heterocycles. The second-order valence-corrected chi connectivity index (χ2v) is 5.07. The van der Waals surface area contributed by atoms with Gasteiger partial charge in [-0.25, -0.2) is 0 Å². The Bertz CT molecular complexity index is 547. The van der Waals surface area contributed by atoms with Crippen molar-refractivity contribution >= 4 is 5.69 Å². The highest BCUT2D eigenvalue weighted by Crippen LogP contribution is 2.21. The van der Waals surface area contributed by atoms with E-state index in [2.05, 4.69) is 52.7 Å². The predicted octanol–water partition coefficient (Wildman–Crippen LogP) is 1.80. The summed E-state index contributed by atoms with van der Waals surface area (Å²) in [5.41, 5.74) is 3.96. The van der Waals surface area contributed by atoms with Crippen molar-refractivity contribution < 1.29 is 0 Å². The van der Waals surface area contributed by atoms with Crippen LogP contribution in [0.3, 0.4) is 0 Å². The normalized spacial score (nSPS) is 15.1. The third-order valence-corrected chi connectivity index (χ3v) is 3.57. The lowest BCUT2D eigenvalue weighted by Gasteiger charge is -2.24. The molecule has 0 radical (unpaired) electrons. The fourth-order valence-corrected chi connectivity index (χ4v) is 2.57. The monoisotopic (exact) mass is 256 g/mol. The van der Waals surface area contributed by atoms with Crippen molar-refractivity contribution in [2.75, 3.05) is 24.5 Å². The van der Waals surface area contributed by atoms with Gasteiger partial charge in [0.25, 0.3) is 0 Å². The maximum absolute atomic E-state index is 4.35. The highest BCUT2D eigenvalue weighted by molar-refractivity contribution is 5.54. The van der Waals surface area contributed by atoms with Gasteiger partial charge in [-0.15, -0.1) is 0 Å². The van der Waals surface area contributed by atoms with E-state index in [0.29, 0.717) is 0 Å². The van der Waals surface area contributed by atoms with Crippen molar-refractivity contribution in [2.24, 2.45) is 0 Å². The van der Waals surface area contributed by atoms with Gasteiger partial charge in [0, 0.05) is 38.1 Å². The van der Waals surface area contributed by atoms with Gasteiger partial charge in [-0.2, -0.15) is 5.10 Å². The van der Waals surface area contributed by atoms with Crippen LogP contribution in [-0.2, 0) is 13.1 Å². The number of benzene rings is 1. The average molecular weight is 256 g/mol. The van der Waals surface area contributed by atoms with E-state index in [1.807, 2.05) is 10.9 Å². The molecule has 1 aromatic heterocycles. The molecule has 3 rings (SSSR count). The molecule has 100 valence electrons. The van der Waals surface area contributed by atoms with Crippen molar-refractivity contribution in [3.63, 3.8) is 0 Å². The van der Waals surface area contributed by atoms with Crippen LogP contribution in [0.4, 0.5) is 5.69 Å². The van der Waals surface area contributed by atoms with Gasteiger partial charge in [0.1, 0.15) is 0 Å². The van der Waals surface area contributed by atoms with E-state index >= 15 is 0 Å². The lowest BCUT2D eigenvalue weighted by atomic mass is 10.1. The Balaban J connectivity index is 1.73. The van der Waals surface area contributed by atoms with Crippen LogP contribution in [0.25, 0.3) is 0 Å². The first-order valence-electron chi connectivity index (χ1n) is 6.85. The summed E-state index contributed by atoms with van der Waals surface area (Å²) < 4.78 is 2.02. The topological polar surface area (TPSA) is 33.1 Å². The number of hydrogen-bond donors (Lipinski definition) is 1. The first kappa shape index (κ1) is 12.2. The molecular weight excluding hydrogens is 236 g/mol. The molecule has 2 heterocycles. The van der Waals surface area contributed by atoms with Gasteiger partial charge in [0.05, 0.1) is 12.7 Å². The van der Waals surface area contributed by atoms with Gasteiger partial charge in [-0.1, -0.05) is 18.2 Å². The quantitative estimate of drug-likeness (QED) is 0.909. The molecule has 1 N–H and O–H groups in total.